The number of benzene rings is 1. The van der Waals surface area contributed by atoms with E-state index < -0.39 is 5.97 Å². The second-order valence-corrected chi connectivity index (χ2v) is 5.17. The molecule has 0 spiro atoms. The van der Waals surface area contributed by atoms with Crippen LogP contribution < -0.4 is 5.32 Å². The Morgan fingerprint density at radius 3 is 2.60 bits per heavy atom. The van der Waals surface area contributed by atoms with Crippen LogP contribution in [0.15, 0.2) is 28.9 Å². The molecule has 0 bridgehead atoms. The first-order chi connectivity index (χ1) is 9.38. The molecule has 1 aromatic carbocycles. The largest absolute Gasteiger partial charge is 0.478 e. The first-order valence-corrected chi connectivity index (χ1v) is 6.51. The van der Waals surface area contributed by atoms with Gasteiger partial charge in [-0.3, -0.25) is 9.48 Å². The number of aryl methyl sites for hydroxylation is 1. The number of amides is 1. The number of hydrogen-bond acceptors (Lipinski definition) is 3. The van der Waals surface area contributed by atoms with Crippen LogP contribution in [0.1, 0.15) is 26.4 Å². The molecule has 1 amide bonds. The van der Waals surface area contributed by atoms with Crippen molar-refractivity contribution in [3.05, 3.63) is 45.7 Å². The summed E-state index contributed by atoms with van der Waals surface area (Å²) in [5, 5.41) is 15.6. The highest BCUT2D eigenvalue weighted by atomic mass is 79.9. The van der Waals surface area contributed by atoms with Crippen molar-refractivity contribution in [1.29, 1.82) is 0 Å². The highest BCUT2D eigenvalue weighted by Crippen LogP contribution is 2.20. The van der Waals surface area contributed by atoms with Crippen molar-refractivity contribution in [2.24, 2.45) is 7.05 Å². The normalized spacial score (nSPS) is 10.3. The molecule has 1 aromatic heterocycles. The number of anilines is 1. The minimum Gasteiger partial charge on any atom is -0.478 e. The predicted molar refractivity (Wildman–Crippen MR) is 77.0 cm³/mol. The lowest BCUT2D eigenvalue weighted by Gasteiger charge is -2.07. The van der Waals surface area contributed by atoms with Gasteiger partial charge in [0.05, 0.1) is 17.3 Å². The third-order valence-electron chi connectivity index (χ3n) is 2.88. The van der Waals surface area contributed by atoms with E-state index in [1.54, 1.807) is 24.7 Å². The van der Waals surface area contributed by atoms with Gasteiger partial charge in [0.1, 0.15) is 0 Å². The molecule has 2 N–H and O–H groups in total. The van der Waals surface area contributed by atoms with E-state index in [2.05, 4.69) is 26.3 Å². The van der Waals surface area contributed by atoms with Gasteiger partial charge < -0.3 is 10.4 Å². The third kappa shape index (κ3) is 2.88. The number of halogens is 1. The molecule has 0 saturated carbocycles. The van der Waals surface area contributed by atoms with Crippen molar-refractivity contribution in [3.8, 4) is 0 Å². The van der Waals surface area contributed by atoms with Crippen LogP contribution in [-0.4, -0.2) is 26.8 Å². The molecule has 0 fully saturated rings. The Bertz CT molecular complexity index is 694. The highest BCUT2D eigenvalue weighted by Gasteiger charge is 2.14. The number of carboxylic acids is 1. The Labute approximate surface area is 123 Å². The van der Waals surface area contributed by atoms with Crippen molar-refractivity contribution in [2.45, 2.75) is 6.92 Å². The smallest absolute Gasteiger partial charge is 0.335 e. The first-order valence-electron chi connectivity index (χ1n) is 5.72. The summed E-state index contributed by atoms with van der Waals surface area (Å²) in [4.78, 5) is 23.1. The van der Waals surface area contributed by atoms with Crippen LogP contribution in [0.25, 0.3) is 0 Å². The fourth-order valence-electron chi connectivity index (χ4n) is 1.71. The zero-order valence-corrected chi connectivity index (χ0v) is 12.4. The maximum atomic E-state index is 12.1. The Balaban J connectivity index is 2.28. The summed E-state index contributed by atoms with van der Waals surface area (Å²) in [5.74, 6) is -1.38. The van der Waals surface area contributed by atoms with Gasteiger partial charge in [0, 0.05) is 22.9 Å². The quantitative estimate of drug-likeness (QED) is 0.900. The number of aromatic nitrogens is 2. The summed E-state index contributed by atoms with van der Waals surface area (Å²) in [6, 6.07) is 4.50. The molecule has 0 aliphatic carbocycles. The van der Waals surface area contributed by atoms with E-state index in [9.17, 15) is 9.59 Å². The number of carbonyl (C=O) groups excluding carboxylic acids is 1. The summed E-state index contributed by atoms with van der Waals surface area (Å²) in [6.45, 7) is 1.78. The zero-order chi connectivity index (χ0) is 14.9. The average molecular weight is 338 g/mol. The first kappa shape index (κ1) is 14.3. The van der Waals surface area contributed by atoms with Gasteiger partial charge in [0.2, 0.25) is 0 Å². The van der Waals surface area contributed by atoms with Gasteiger partial charge in [-0.2, -0.15) is 5.10 Å². The minimum atomic E-state index is -1.06. The summed E-state index contributed by atoms with van der Waals surface area (Å²) in [7, 11) is 1.74. The van der Waals surface area contributed by atoms with Crippen LogP contribution in [0.4, 0.5) is 5.69 Å². The van der Waals surface area contributed by atoms with Crippen LogP contribution in [-0.2, 0) is 7.05 Å². The second-order valence-electron chi connectivity index (χ2n) is 4.26. The number of carboxylic acid groups (broad SMARTS) is 1. The SMILES string of the molecule is Cc1c(C(=O)Nc2cc(Br)cc(C(=O)O)c2)cnn1C. The van der Waals surface area contributed by atoms with Crippen molar-refractivity contribution in [1.82, 2.24) is 9.78 Å². The fourth-order valence-corrected chi connectivity index (χ4v) is 2.20. The number of rotatable bonds is 3. The van der Waals surface area contributed by atoms with Gasteiger partial charge in [-0.1, -0.05) is 15.9 Å². The van der Waals surface area contributed by atoms with Crippen molar-refractivity contribution >= 4 is 33.5 Å². The summed E-state index contributed by atoms with van der Waals surface area (Å²) >= 11 is 3.21. The van der Waals surface area contributed by atoms with Crippen molar-refractivity contribution in [3.63, 3.8) is 0 Å². The Hall–Kier alpha value is -2.15. The maximum Gasteiger partial charge on any atom is 0.335 e. The zero-order valence-electron chi connectivity index (χ0n) is 10.8. The van der Waals surface area contributed by atoms with Crippen LogP contribution in [0.5, 0.6) is 0 Å². The topological polar surface area (TPSA) is 84.2 Å². The van der Waals surface area contributed by atoms with E-state index >= 15 is 0 Å². The minimum absolute atomic E-state index is 0.0950. The lowest BCUT2D eigenvalue weighted by Crippen LogP contribution is -2.13. The summed E-state index contributed by atoms with van der Waals surface area (Å²) < 4.78 is 2.18. The molecule has 0 atom stereocenters. The van der Waals surface area contributed by atoms with E-state index in [0.29, 0.717) is 15.7 Å². The van der Waals surface area contributed by atoms with E-state index in [1.807, 2.05) is 0 Å². The van der Waals surface area contributed by atoms with Gasteiger partial charge in [0.25, 0.3) is 5.91 Å². The molecule has 0 radical (unpaired) electrons. The van der Waals surface area contributed by atoms with E-state index in [4.69, 9.17) is 5.11 Å². The van der Waals surface area contributed by atoms with Crippen LogP contribution in [0.2, 0.25) is 0 Å². The number of nitrogens with one attached hydrogen (secondary N) is 1. The van der Waals surface area contributed by atoms with E-state index in [-0.39, 0.29) is 11.5 Å². The molecule has 2 aromatic rings. The van der Waals surface area contributed by atoms with Gasteiger partial charge >= 0.3 is 5.97 Å². The molecular weight excluding hydrogens is 326 g/mol. The Kier molecular flexibility index (Phi) is 3.89. The molecule has 0 aliphatic rings. The molecule has 7 heteroatoms. The molecular formula is C13H12BrN3O3. The van der Waals surface area contributed by atoms with Crippen LogP contribution in [0, 0.1) is 6.92 Å². The summed E-state index contributed by atoms with van der Waals surface area (Å²) in [5.41, 5.74) is 1.68. The number of nitrogens with zero attached hydrogens (tertiary/aromatic N) is 2. The molecule has 0 unspecified atom stereocenters. The molecule has 0 aliphatic heterocycles. The third-order valence-corrected chi connectivity index (χ3v) is 3.34. The maximum absolute atomic E-state index is 12.1. The molecule has 0 saturated heterocycles. The highest BCUT2D eigenvalue weighted by molar-refractivity contribution is 9.10. The lowest BCUT2D eigenvalue weighted by molar-refractivity contribution is 0.0696. The van der Waals surface area contributed by atoms with Gasteiger partial charge in [-0.05, 0) is 25.1 Å². The number of aromatic carboxylic acids is 1. The van der Waals surface area contributed by atoms with Crippen molar-refractivity contribution in [2.75, 3.05) is 5.32 Å². The Morgan fingerprint density at radius 2 is 2.05 bits per heavy atom. The van der Waals surface area contributed by atoms with E-state index in [0.717, 1.165) is 5.69 Å². The predicted octanol–water partition coefficient (Wildman–Crippen LogP) is 2.44. The second kappa shape index (κ2) is 5.46. The van der Waals surface area contributed by atoms with Crippen molar-refractivity contribution < 1.29 is 14.7 Å². The lowest BCUT2D eigenvalue weighted by atomic mass is 10.2. The number of hydrogen-bond donors (Lipinski definition) is 2. The number of carbonyl (C=O) groups is 2. The standard InChI is InChI=1S/C13H12BrN3O3/c1-7-11(6-15-17(7)2)12(18)16-10-4-8(13(19)20)3-9(14)5-10/h3-6H,1-2H3,(H,16,18)(H,19,20). The fraction of sp³-hybridized carbons (Fsp3) is 0.154. The van der Waals surface area contributed by atoms with Gasteiger partial charge in [0.15, 0.2) is 0 Å². The molecule has 20 heavy (non-hydrogen) atoms. The average Bonchev–Trinajstić information content (AvgIpc) is 2.69. The molecule has 1 heterocycles. The van der Waals surface area contributed by atoms with Crippen LogP contribution >= 0.6 is 15.9 Å². The molecule has 6 nitrogen and oxygen atoms in total. The monoisotopic (exact) mass is 337 g/mol. The van der Waals surface area contributed by atoms with E-state index in [1.165, 1.54) is 18.3 Å². The molecule has 104 valence electrons. The Morgan fingerprint density at radius 1 is 1.35 bits per heavy atom. The summed E-state index contributed by atoms with van der Waals surface area (Å²) in [6.07, 6.45) is 1.47. The van der Waals surface area contributed by atoms with Gasteiger partial charge in [-0.25, -0.2) is 4.79 Å². The molecule has 2 rings (SSSR count). The van der Waals surface area contributed by atoms with Crippen LogP contribution in [0.3, 0.4) is 0 Å². The van der Waals surface area contributed by atoms with Gasteiger partial charge in [-0.15, -0.1) is 0 Å².